The molecule has 1 aliphatic carbocycles. The first kappa shape index (κ1) is 25.6. The van der Waals surface area contributed by atoms with Gasteiger partial charge in [0.05, 0.1) is 12.2 Å². The quantitative estimate of drug-likeness (QED) is 0.471. The van der Waals surface area contributed by atoms with Crippen molar-refractivity contribution in [3.05, 3.63) is 52.0 Å². The lowest BCUT2D eigenvalue weighted by Crippen LogP contribution is -2.29. The number of rotatable bonds is 8. The predicted molar refractivity (Wildman–Crippen MR) is 125 cm³/mol. The van der Waals surface area contributed by atoms with E-state index >= 15 is 0 Å². The van der Waals surface area contributed by atoms with Crippen LogP contribution in [0.5, 0.6) is 5.75 Å². The Morgan fingerprint density at radius 3 is 2.67 bits per heavy atom. The van der Waals surface area contributed by atoms with Crippen molar-refractivity contribution in [3.8, 4) is 10.9 Å². The van der Waals surface area contributed by atoms with Crippen LogP contribution in [0.4, 0.5) is 13.2 Å². The summed E-state index contributed by atoms with van der Waals surface area (Å²) in [5, 5.41) is 7.52. The average Bonchev–Trinajstić information content (AvgIpc) is 3.42. The Kier molecular flexibility index (Phi) is 7.03. The number of carbonyl (C=O) groups is 2. The molecule has 36 heavy (non-hydrogen) atoms. The van der Waals surface area contributed by atoms with Crippen LogP contribution in [-0.2, 0) is 0 Å². The molecule has 2 aromatic heterocycles. The standard InChI is InChI=1S/C23H25F3N6O3S/c1-5-31(4)21(34)18-11-27-22(36-18)32-19(29-13(3)30-32)12(2)28-20(33)16-8-15(14-6-7-14)9-17(10-16)35-23(24,25)26/h8-12,14H,5-7H2,1-4H3,(H,28,33)/t12-/m0/s1. The molecule has 1 aromatic carbocycles. The Bertz CT molecular complexity index is 1280. The van der Waals surface area contributed by atoms with Gasteiger partial charge in [0.1, 0.15) is 16.5 Å². The van der Waals surface area contributed by atoms with Crippen molar-refractivity contribution in [3.63, 3.8) is 0 Å². The number of ether oxygens (including phenoxy) is 1. The monoisotopic (exact) mass is 522 g/mol. The summed E-state index contributed by atoms with van der Waals surface area (Å²) in [6.07, 6.45) is -1.70. The van der Waals surface area contributed by atoms with Crippen LogP contribution in [0.1, 0.15) is 75.9 Å². The minimum absolute atomic E-state index is 0.0537. The highest BCUT2D eigenvalue weighted by atomic mass is 32.1. The Morgan fingerprint density at radius 1 is 1.31 bits per heavy atom. The van der Waals surface area contributed by atoms with E-state index in [4.69, 9.17) is 0 Å². The molecule has 1 fully saturated rings. The molecule has 0 spiro atoms. The fourth-order valence-electron chi connectivity index (χ4n) is 3.59. The Hall–Kier alpha value is -3.48. The second kappa shape index (κ2) is 9.88. The van der Waals surface area contributed by atoms with Gasteiger partial charge in [0.2, 0.25) is 5.13 Å². The number of carbonyl (C=O) groups excluding carboxylic acids is 2. The Morgan fingerprint density at radius 2 is 2.03 bits per heavy atom. The van der Waals surface area contributed by atoms with Crippen LogP contribution in [0.3, 0.4) is 0 Å². The van der Waals surface area contributed by atoms with E-state index in [9.17, 15) is 22.8 Å². The van der Waals surface area contributed by atoms with Crippen molar-refractivity contribution in [2.24, 2.45) is 0 Å². The zero-order chi connectivity index (χ0) is 26.2. The number of amides is 2. The molecule has 1 aliphatic rings. The van der Waals surface area contributed by atoms with Gasteiger partial charge in [-0.05, 0) is 63.3 Å². The minimum atomic E-state index is -4.86. The van der Waals surface area contributed by atoms with E-state index in [1.165, 1.54) is 16.9 Å². The molecule has 1 N–H and O–H groups in total. The number of hydrogen-bond donors (Lipinski definition) is 1. The maximum atomic E-state index is 13.0. The molecule has 2 heterocycles. The normalized spacial score (nSPS) is 14.4. The summed E-state index contributed by atoms with van der Waals surface area (Å²) >= 11 is 1.14. The summed E-state index contributed by atoms with van der Waals surface area (Å²) in [4.78, 5) is 36.2. The number of hydrogen-bond acceptors (Lipinski definition) is 7. The fraction of sp³-hybridized carbons (Fsp3) is 0.435. The van der Waals surface area contributed by atoms with Crippen LogP contribution < -0.4 is 10.1 Å². The zero-order valence-electron chi connectivity index (χ0n) is 20.1. The van der Waals surface area contributed by atoms with E-state index in [1.54, 1.807) is 31.9 Å². The molecule has 0 radical (unpaired) electrons. The lowest BCUT2D eigenvalue weighted by Gasteiger charge is -2.16. The Balaban J connectivity index is 1.57. The van der Waals surface area contributed by atoms with Crippen molar-refractivity contribution in [1.82, 2.24) is 30.0 Å². The summed E-state index contributed by atoms with van der Waals surface area (Å²) in [7, 11) is 1.69. The molecule has 2 amide bonds. The number of nitrogens with one attached hydrogen (secondary N) is 1. The third kappa shape index (κ3) is 5.83. The molecule has 1 saturated carbocycles. The van der Waals surface area contributed by atoms with E-state index < -0.39 is 24.1 Å². The fourth-order valence-corrected chi connectivity index (χ4v) is 4.46. The lowest BCUT2D eigenvalue weighted by atomic mass is 10.1. The highest BCUT2D eigenvalue weighted by molar-refractivity contribution is 7.16. The molecule has 9 nitrogen and oxygen atoms in total. The van der Waals surface area contributed by atoms with E-state index in [0.717, 1.165) is 30.2 Å². The highest BCUT2D eigenvalue weighted by Crippen LogP contribution is 2.42. The topological polar surface area (TPSA) is 102 Å². The van der Waals surface area contributed by atoms with Gasteiger partial charge in [-0.2, -0.15) is 4.68 Å². The second-order valence-electron chi connectivity index (χ2n) is 8.56. The van der Waals surface area contributed by atoms with E-state index in [1.807, 2.05) is 6.92 Å². The molecule has 1 atom stereocenters. The number of alkyl halides is 3. The van der Waals surface area contributed by atoms with Crippen LogP contribution in [0, 0.1) is 6.92 Å². The van der Waals surface area contributed by atoms with Gasteiger partial charge in [-0.15, -0.1) is 18.3 Å². The number of aromatic nitrogens is 4. The van der Waals surface area contributed by atoms with Crippen LogP contribution in [0.25, 0.3) is 5.13 Å². The molecule has 0 aliphatic heterocycles. The first-order valence-corrected chi connectivity index (χ1v) is 12.1. The van der Waals surface area contributed by atoms with Crippen molar-refractivity contribution in [2.45, 2.75) is 51.9 Å². The smallest absolute Gasteiger partial charge is 0.406 e. The van der Waals surface area contributed by atoms with E-state index in [-0.39, 0.29) is 17.4 Å². The van der Waals surface area contributed by atoms with Gasteiger partial charge in [0.25, 0.3) is 11.8 Å². The maximum absolute atomic E-state index is 13.0. The summed E-state index contributed by atoms with van der Waals surface area (Å²) < 4.78 is 44.0. The predicted octanol–water partition coefficient (Wildman–Crippen LogP) is 4.39. The lowest BCUT2D eigenvalue weighted by molar-refractivity contribution is -0.274. The summed E-state index contributed by atoms with van der Waals surface area (Å²) in [5.41, 5.74) is 0.684. The van der Waals surface area contributed by atoms with E-state index in [0.29, 0.717) is 33.8 Å². The number of nitrogens with zero attached hydrogens (tertiary/aromatic N) is 5. The molecular weight excluding hydrogens is 497 g/mol. The second-order valence-corrected chi connectivity index (χ2v) is 9.57. The van der Waals surface area contributed by atoms with Crippen molar-refractivity contribution in [2.75, 3.05) is 13.6 Å². The third-order valence-corrected chi connectivity index (χ3v) is 6.61. The van der Waals surface area contributed by atoms with Gasteiger partial charge < -0.3 is 15.0 Å². The molecular formula is C23H25F3N6O3S. The first-order chi connectivity index (χ1) is 16.9. The number of aryl methyl sites for hydroxylation is 1. The maximum Gasteiger partial charge on any atom is 0.573 e. The van der Waals surface area contributed by atoms with Gasteiger partial charge in [-0.3, -0.25) is 9.59 Å². The third-order valence-electron chi connectivity index (χ3n) is 5.65. The van der Waals surface area contributed by atoms with Gasteiger partial charge >= 0.3 is 6.36 Å². The zero-order valence-corrected chi connectivity index (χ0v) is 20.9. The molecule has 4 rings (SSSR count). The van der Waals surface area contributed by atoms with Crippen molar-refractivity contribution in [1.29, 1.82) is 0 Å². The molecule has 3 aromatic rings. The summed E-state index contributed by atoms with van der Waals surface area (Å²) in [5.74, 6) is -0.275. The van der Waals surface area contributed by atoms with Crippen molar-refractivity contribution >= 4 is 23.2 Å². The minimum Gasteiger partial charge on any atom is -0.406 e. The Labute approximate surface area is 209 Å². The number of thiazole rings is 1. The SMILES string of the molecule is CCN(C)C(=O)c1cnc(-n2nc(C)nc2[C@H](C)NC(=O)c2cc(OC(F)(F)F)cc(C3CC3)c2)s1. The van der Waals surface area contributed by atoms with Crippen LogP contribution in [0.15, 0.2) is 24.4 Å². The molecule has 13 heteroatoms. The first-order valence-electron chi connectivity index (χ1n) is 11.3. The highest BCUT2D eigenvalue weighted by Gasteiger charge is 2.33. The van der Waals surface area contributed by atoms with Crippen LogP contribution in [0.2, 0.25) is 0 Å². The number of halogens is 3. The van der Waals surface area contributed by atoms with Gasteiger partial charge in [-0.25, -0.2) is 9.97 Å². The summed E-state index contributed by atoms with van der Waals surface area (Å²) in [6, 6.07) is 3.31. The van der Waals surface area contributed by atoms with Crippen LogP contribution >= 0.6 is 11.3 Å². The summed E-state index contributed by atoms with van der Waals surface area (Å²) in [6.45, 7) is 5.77. The molecule has 192 valence electrons. The largest absolute Gasteiger partial charge is 0.573 e. The van der Waals surface area contributed by atoms with E-state index in [2.05, 4.69) is 25.1 Å². The molecule has 0 saturated heterocycles. The average molecular weight is 523 g/mol. The molecule has 0 bridgehead atoms. The van der Waals surface area contributed by atoms with Gasteiger partial charge in [-0.1, -0.05) is 11.3 Å². The van der Waals surface area contributed by atoms with Gasteiger partial charge in [0, 0.05) is 19.2 Å². The van der Waals surface area contributed by atoms with Crippen molar-refractivity contribution < 1.29 is 27.5 Å². The van der Waals surface area contributed by atoms with Gasteiger partial charge in [0.15, 0.2) is 5.82 Å². The molecule has 0 unspecified atom stereocenters. The number of benzene rings is 1. The van der Waals surface area contributed by atoms with Crippen LogP contribution in [-0.4, -0.2) is 56.4 Å².